The number of carbonyl (C=O) groups is 1. The van der Waals surface area contributed by atoms with E-state index in [1.807, 2.05) is 30.3 Å². The van der Waals surface area contributed by atoms with Crippen molar-refractivity contribution in [3.8, 4) is 11.8 Å². The third-order valence-electron chi connectivity index (χ3n) is 2.63. The Morgan fingerprint density at radius 1 is 1.29 bits per heavy atom. The van der Waals surface area contributed by atoms with Crippen LogP contribution in [0, 0.1) is 11.8 Å². The molecule has 1 aromatic rings. The molecular weight excluding hydrogens is 208 g/mol. The number of rotatable bonds is 5. The van der Waals surface area contributed by atoms with Gasteiger partial charge in [0.05, 0.1) is 5.92 Å². The van der Waals surface area contributed by atoms with Gasteiger partial charge in [0.2, 0.25) is 0 Å². The zero-order valence-corrected chi connectivity index (χ0v) is 10.7. The van der Waals surface area contributed by atoms with Gasteiger partial charge < -0.3 is 0 Å². The maximum atomic E-state index is 11.2. The van der Waals surface area contributed by atoms with Gasteiger partial charge in [0.1, 0.15) is 5.78 Å². The summed E-state index contributed by atoms with van der Waals surface area (Å²) in [5.41, 5.74) is 1.15. The molecule has 0 N–H and O–H groups in total. The van der Waals surface area contributed by atoms with Crippen LogP contribution in [0.15, 0.2) is 30.3 Å². The molecule has 0 amide bonds. The van der Waals surface area contributed by atoms with Crippen molar-refractivity contribution in [3.63, 3.8) is 0 Å². The summed E-state index contributed by atoms with van der Waals surface area (Å²) in [5, 5.41) is 0. The van der Waals surface area contributed by atoms with Crippen LogP contribution in [0.2, 0.25) is 0 Å². The number of hydrogen-bond donors (Lipinski definition) is 0. The van der Waals surface area contributed by atoms with Crippen LogP contribution in [0.5, 0.6) is 0 Å². The minimum absolute atomic E-state index is 0.0607. The second-order valence-electron chi connectivity index (χ2n) is 4.29. The molecule has 1 aromatic carbocycles. The Kier molecular flexibility index (Phi) is 6.10. The smallest absolute Gasteiger partial charge is 0.131 e. The summed E-state index contributed by atoms with van der Waals surface area (Å²) < 4.78 is 0. The molecule has 0 spiro atoms. The molecule has 1 rings (SSSR count). The fourth-order valence-corrected chi connectivity index (χ4v) is 1.69. The highest BCUT2D eigenvalue weighted by molar-refractivity contribution is 5.77. The maximum absolute atomic E-state index is 11.2. The number of hydrogen-bond acceptors (Lipinski definition) is 1. The second-order valence-corrected chi connectivity index (χ2v) is 4.29. The highest BCUT2D eigenvalue weighted by Crippen LogP contribution is 2.18. The molecule has 0 radical (unpaired) electrons. The molecule has 1 nitrogen and oxygen atoms in total. The van der Waals surface area contributed by atoms with E-state index in [1.165, 1.54) is 0 Å². The lowest BCUT2D eigenvalue weighted by Crippen LogP contribution is -2.02. The molecule has 1 heteroatoms. The average molecular weight is 228 g/mol. The molecule has 90 valence electrons. The van der Waals surface area contributed by atoms with Crippen LogP contribution in [-0.4, -0.2) is 5.78 Å². The highest BCUT2D eigenvalue weighted by atomic mass is 16.1. The van der Waals surface area contributed by atoms with E-state index in [2.05, 4.69) is 18.8 Å². The monoisotopic (exact) mass is 228 g/mol. The first-order chi connectivity index (χ1) is 8.24. The van der Waals surface area contributed by atoms with Gasteiger partial charge in [-0.05, 0) is 18.9 Å². The predicted octanol–water partition coefficient (Wildman–Crippen LogP) is 3.94. The van der Waals surface area contributed by atoms with Crippen LogP contribution in [0.4, 0.5) is 0 Å². The SMILES string of the molecule is CCCCC#CC(CC(C)=O)c1ccccc1. The van der Waals surface area contributed by atoms with Gasteiger partial charge in [-0.3, -0.25) is 4.79 Å². The van der Waals surface area contributed by atoms with Crippen molar-refractivity contribution in [1.29, 1.82) is 0 Å². The van der Waals surface area contributed by atoms with E-state index in [0.717, 1.165) is 24.8 Å². The normalized spacial score (nSPS) is 11.4. The molecule has 0 bridgehead atoms. The van der Waals surface area contributed by atoms with Gasteiger partial charge in [-0.1, -0.05) is 49.6 Å². The summed E-state index contributed by atoms with van der Waals surface area (Å²) >= 11 is 0. The van der Waals surface area contributed by atoms with Crippen molar-refractivity contribution < 1.29 is 4.79 Å². The summed E-state index contributed by atoms with van der Waals surface area (Å²) in [5.74, 6) is 6.68. The van der Waals surface area contributed by atoms with E-state index in [4.69, 9.17) is 0 Å². The summed E-state index contributed by atoms with van der Waals surface area (Å²) in [7, 11) is 0. The Bertz CT molecular complexity index is 395. The van der Waals surface area contributed by atoms with Crippen LogP contribution >= 0.6 is 0 Å². The summed E-state index contributed by atoms with van der Waals surface area (Å²) in [6.45, 7) is 3.79. The highest BCUT2D eigenvalue weighted by Gasteiger charge is 2.10. The summed E-state index contributed by atoms with van der Waals surface area (Å²) in [6.07, 6.45) is 3.74. The summed E-state index contributed by atoms with van der Waals surface area (Å²) in [6, 6.07) is 10.1. The van der Waals surface area contributed by atoms with Crippen LogP contribution in [0.3, 0.4) is 0 Å². The minimum Gasteiger partial charge on any atom is -0.300 e. The van der Waals surface area contributed by atoms with E-state index < -0.39 is 0 Å². The summed E-state index contributed by atoms with van der Waals surface area (Å²) in [4.78, 5) is 11.2. The Labute approximate surface area is 104 Å². The van der Waals surface area contributed by atoms with Crippen LogP contribution < -0.4 is 0 Å². The van der Waals surface area contributed by atoms with Crippen molar-refractivity contribution in [2.45, 2.75) is 45.4 Å². The Hall–Kier alpha value is -1.55. The van der Waals surface area contributed by atoms with Crippen LogP contribution in [-0.2, 0) is 4.79 Å². The van der Waals surface area contributed by atoms with Crippen molar-refractivity contribution in [2.24, 2.45) is 0 Å². The molecule has 0 heterocycles. The third-order valence-corrected chi connectivity index (χ3v) is 2.63. The lowest BCUT2D eigenvalue weighted by molar-refractivity contribution is -0.117. The molecule has 0 saturated heterocycles. The quantitative estimate of drug-likeness (QED) is 0.551. The Morgan fingerprint density at radius 2 is 2.00 bits per heavy atom. The topological polar surface area (TPSA) is 17.1 Å². The molecule has 0 aromatic heterocycles. The largest absolute Gasteiger partial charge is 0.300 e. The van der Waals surface area contributed by atoms with Crippen LogP contribution in [0.25, 0.3) is 0 Å². The van der Waals surface area contributed by atoms with Gasteiger partial charge in [0, 0.05) is 12.8 Å². The van der Waals surface area contributed by atoms with Crippen molar-refractivity contribution in [3.05, 3.63) is 35.9 Å². The Morgan fingerprint density at radius 3 is 2.59 bits per heavy atom. The van der Waals surface area contributed by atoms with E-state index in [-0.39, 0.29) is 11.7 Å². The number of unbranched alkanes of at least 4 members (excludes halogenated alkanes) is 2. The molecule has 17 heavy (non-hydrogen) atoms. The molecular formula is C16H20O. The van der Waals surface area contributed by atoms with Gasteiger partial charge in [-0.25, -0.2) is 0 Å². The Balaban J connectivity index is 2.73. The van der Waals surface area contributed by atoms with Gasteiger partial charge in [-0.2, -0.15) is 0 Å². The maximum Gasteiger partial charge on any atom is 0.131 e. The first-order valence-electron chi connectivity index (χ1n) is 6.26. The second kappa shape index (κ2) is 7.68. The van der Waals surface area contributed by atoms with Crippen LogP contribution in [0.1, 0.15) is 51.0 Å². The van der Waals surface area contributed by atoms with E-state index in [0.29, 0.717) is 6.42 Å². The average Bonchev–Trinajstić information content (AvgIpc) is 2.34. The molecule has 0 aliphatic heterocycles. The fraction of sp³-hybridized carbons (Fsp3) is 0.438. The van der Waals surface area contributed by atoms with Gasteiger partial charge in [0.15, 0.2) is 0 Å². The zero-order chi connectivity index (χ0) is 12.5. The molecule has 1 unspecified atom stereocenters. The fourth-order valence-electron chi connectivity index (χ4n) is 1.69. The van der Waals surface area contributed by atoms with Gasteiger partial charge in [0.25, 0.3) is 0 Å². The number of carbonyl (C=O) groups excluding carboxylic acids is 1. The van der Waals surface area contributed by atoms with Gasteiger partial charge in [-0.15, -0.1) is 5.92 Å². The first-order valence-corrected chi connectivity index (χ1v) is 6.26. The van der Waals surface area contributed by atoms with E-state index in [9.17, 15) is 4.79 Å². The molecule has 0 aliphatic rings. The third kappa shape index (κ3) is 5.36. The van der Waals surface area contributed by atoms with E-state index >= 15 is 0 Å². The lowest BCUT2D eigenvalue weighted by Gasteiger charge is -2.08. The number of ketones is 1. The van der Waals surface area contributed by atoms with Gasteiger partial charge >= 0.3 is 0 Å². The van der Waals surface area contributed by atoms with Crippen molar-refractivity contribution in [1.82, 2.24) is 0 Å². The molecule has 0 saturated carbocycles. The van der Waals surface area contributed by atoms with Crippen molar-refractivity contribution >= 4 is 5.78 Å². The zero-order valence-electron chi connectivity index (χ0n) is 10.7. The molecule has 0 fully saturated rings. The lowest BCUT2D eigenvalue weighted by atomic mass is 9.94. The number of Topliss-reactive ketones (excluding diaryl/α,β-unsaturated/α-hetero) is 1. The predicted molar refractivity (Wildman–Crippen MR) is 71.8 cm³/mol. The molecule has 0 aliphatic carbocycles. The standard InChI is InChI=1S/C16H20O/c1-3-4-5-7-12-16(13-14(2)17)15-10-8-6-9-11-15/h6,8-11,16H,3-5,13H2,1-2H3. The number of benzene rings is 1. The first kappa shape index (κ1) is 13.5. The van der Waals surface area contributed by atoms with E-state index in [1.54, 1.807) is 6.92 Å². The van der Waals surface area contributed by atoms with Crippen molar-refractivity contribution in [2.75, 3.05) is 0 Å². The minimum atomic E-state index is 0.0607. The molecule has 1 atom stereocenters.